The fourth-order valence-corrected chi connectivity index (χ4v) is 1.41. The summed E-state index contributed by atoms with van der Waals surface area (Å²) in [6.45, 7) is 5.95. The van der Waals surface area contributed by atoms with Gasteiger partial charge in [-0.1, -0.05) is 45.1 Å². The van der Waals surface area contributed by atoms with Gasteiger partial charge < -0.3 is 10.4 Å². The molecule has 84 valence electrons. The van der Waals surface area contributed by atoms with Crippen molar-refractivity contribution in [2.45, 2.75) is 26.8 Å². The molecule has 0 aromatic carbocycles. The molecule has 1 rings (SSSR count). The van der Waals surface area contributed by atoms with Crippen LogP contribution < -0.4 is 5.32 Å². The molecular formula is C12H19NO2. The van der Waals surface area contributed by atoms with E-state index in [9.17, 15) is 9.90 Å². The summed E-state index contributed by atoms with van der Waals surface area (Å²) in [6, 6.07) is -0.201. The highest BCUT2D eigenvalue weighted by Gasteiger charge is 2.27. The molecule has 3 heteroatoms. The summed E-state index contributed by atoms with van der Waals surface area (Å²) in [4.78, 5) is 11.7. The lowest BCUT2D eigenvalue weighted by atomic mass is 9.87. The summed E-state index contributed by atoms with van der Waals surface area (Å²) in [5.74, 6) is -0.227. The average molecular weight is 209 g/mol. The van der Waals surface area contributed by atoms with Crippen LogP contribution in [0.5, 0.6) is 0 Å². The van der Waals surface area contributed by atoms with Crippen LogP contribution in [0.2, 0.25) is 0 Å². The third-order valence-electron chi connectivity index (χ3n) is 2.60. The Morgan fingerprint density at radius 3 is 2.33 bits per heavy atom. The zero-order valence-corrected chi connectivity index (χ0v) is 9.53. The number of carbonyl (C=O) groups excluding carboxylic acids is 1. The van der Waals surface area contributed by atoms with E-state index in [-0.39, 0.29) is 29.9 Å². The standard InChI is InChI=1S/C12H19NO2/c1-12(2,3)10(8-14)13-11(15)9-6-4-5-7-9/h4-7,9-10,14H,8H2,1-3H3,(H,13,15)/t10-/m1/s1. The van der Waals surface area contributed by atoms with Crippen molar-refractivity contribution in [3.05, 3.63) is 24.3 Å². The van der Waals surface area contributed by atoms with Gasteiger partial charge in [0, 0.05) is 0 Å². The number of nitrogens with one attached hydrogen (secondary N) is 1. The minimum absolute atomic E-state index is 0.0324. The van der Waals surface area contributed by atoms with Gasteiger partial charge in [-0.15, -0.1) is 0 Å². The van der Waals surface area contributed by atoms with E-state index in [1.807, 2.05) is 45.1 Å². The van der Waals surface area contributed by atoms with Crippen LogP contribution in [0.4, 0.5) is 0 Å². The Bertz CT molecular complexity index is 274. The van der Waals surface area contributed by atoms with E-state index in [0.29, 0.717) is 0 Å². The molecule has 2 N–H and O–H groups in total. The van der Waals surface area contributed by atoms with Crippen molar-refractivity contribution in [1.29, 1.82) is 0 Å². The number of hydrogen-bond donors (Lipinski definition) is 2. The molecule has 3 nitrogen and oxygen atoms in total. The second-order valence-electron chi connectivity index (χ2n) is 4.91. The molecule has 1 aliphatic carbocycles. The van der Waals surface area contributed by atoms with Crippen molar-refractivity contribution in [2.24, 2.45) is 11.3 Å². The molecule has 1 atom stereocenters. The molecule has 0 radical (unpaired) electrons. The van der Waals surface area contributed by atoms with Crippen LogP contribution in [-0.4, -0.2) is 23.7 Å². The van der Waals surface area contributed by atoms with Crippen molar-refractivity contribution in [3.63, 3.8) is 0 Å². The van der Waals surface area contributed by atoms with Gasteiger partial charge in [0.2, 0.25) is 5.91 Å². The third-order valence-corrected chi connectivity index (χ3v) is 2.60. The van der Waals surface area contributed by atoms with Crippen molar-refractivity contribution < 1.29 is 9.90 Å². The first-order chi connectivity index (χ1) is 6.95. The van der Waals surface area contributed by atoms with Crippen LogP contribution in [0.15, 0.2) is 24.3 Å². The summed E-state index contributed by atoms with van der Waals surface area (Å²) >= 11 is 0. The first-order valence-corrected chi connectivity index (χ1v) is 5.21. The van der Waals surface area contributed by atoms with E-state index in [2.05, 4.69) is 5.32 Å². The number of allylic oxidation sites excluding steroid dienone is 2. The first kappa shape index (κ1) is 12.0. The Hall–Kier alpha value is -1.09. The highest BCUT2D eigenvalue weighted by atomic mass is 16.3. The second-order valence-corrected chi connectivity index (χ2v) is 4.91. The first-order valence-electron chi connectivity index (χ1n) is 5.21. The van der Waals surface area contributed by atoms with Gasteiger partial charge in [-0.2, -0.15) is 0 Å². The predicted octanol–water partition coefficient (Wildman–Crippen LogP) is 1.25. The monoisotopic (exact) mass is 209 g/mol. The number of aliphatic hydroxyl groups is 1. The summed E-state index contributed by atoms with van der Waals surface area (Å²) in [5, 5.41) is 12.1. The summed E-state index contributed by atoms with van der Waals surface area (Å²) < 4.78 is 0. The molecule has 0 heterocycles. The lowest BCUT2D eigenvalue weighted by Crippen LogP contribution is -2.47. The molecule has 0 fully saturated rings. The number of carbonyl (C=O) groups is 1. The average Bonchev–Trinajstić information content (AvgIpc) is 2.64. The fraction of sp³-hybridized carbons (Fsp3) is 0.583. The molecule has 0 unspecified atom stereocenters. The lowest BCUT2D eigenvalue weighted by Gasteiger charge is -2.30. The minimum atomic E-state index is -0.201. The van der Waals surface area contributed by atoms with Crippen molar-refractivity contribution in [2.75, 3.05) is 6.61 Å². The van der Waals surface area contributed by atoms with E-state index in [4.69, 9.17) is 0 Å². The molecule has 15 heavy (non-hydrogen) atoms. The van der Waals surface area contributed by atoms with Gasteiger partial charge in [0.05, 0.1) is 18.6 Å². The summed E-state index contributed by atoms with van der Waals surface area (Å²) in [6.07, 6.45) is 7.39. The molecule has 1 amide bonds. The second kappa shape index (κ2) is 4.62. The topological polar surface area (TPSA) is 49.3 Å². The van der Waals surface area contributed by atoms with Crippen LogP contribution in [-0.2, 0) is 4.79 Å². The maximum atomic E-state index is 11.7. The van der Waals surface area contributed by atoms with Gasteiger partial charge >= 0.3 is 0 Å². The minimum Gasteiger partial charge on any atom is -0.394 e. The molecule has 0 aromatic heterocycles. The highest BCUT2D eigenvalue weighted by molar-refractivity contribution is 5.83. The van der Waals surface area contributed by atoms with Crippen LogP contribution in [0.25, 0.3) is 0 Å². The number of rotatable bonds is 3. The Kier molecular flexibility index (Phi) is 3.69. The highest BCUT2D eigenvalue weighted by Crippen LogP contribution is 2.19. The van der Waals surface area contributed by atoms with Crippen LogP contribution in [0.3, 0.4) is 0 Å². The summed E-state index contributed by atoms with van der Waals surface area (Å²) in [7, 11) is 0. The van der Waals surface area contributed by atoms with Crippen molar-refractivity contribution in [3.8, 4) is 0 Å². The quantitative estimate of drug-likeness (QED) is 0.735. The number of amides is 1. The number of hydrogen-bond acceptors (Lipinski definition) is 2. The Morgan fingerprint density at radius 2 is 1.93 bits per heavy atom. The predicted molar refractivity (Wildman–Crippen MR) is 60.2 cm³/mol. The van der Waals surface area contributed by atoms with Gasteiger partial charge in [0.1, 0.15) is 0 Å². The van der Waals surface area contributed by atoms with Gasteiger partial charge in [0.15, 0.2) is 0 Å². The van der Waals surface area contributed by atoms with E-state index in [0.717, 1.165) is 0 Å². The maximum absolute atomic E-state index is 11.7. The molecule has 1 aliphatic rings. The molecule has 0 spiro atoms. The molecule has 0 saturated carbocycles. The third kappa shape index (κ3) is 3.20. The molecular weight excluding hydrogens is 190 g/mol. The zero-order valence-electron chi connectivity index (χ0n) is 9.53. The largest absolute Gasteiger partial charge is 0.394 e. The fourth-order valence-electron chi connectivity index (χ4n) is 1.41. The van der Waals surface area contributed by atoms with E-state index in [1.54, 1.807) is 0 Å². The van der Waals surface area contributed by atoms with Crippen LogP contribution >= 0.6 is 0 Å². The Balaban J connectivity index is 2.56. The Labute approximate surface area is 90.9 Å². The van der Waals surface area contributed by atoms with Gasteiger partial charge in [0.25, 0.3) is 0 Å². The summed E-state index contributed by atoms with van der Waals surface area (Å²) in [5.41, 5.74) is -0.129. The van der Waals surface area contributed by atoms with E-state index in [1.165, 1.54) is 0 Å². The van der Waals surface area contributed by atoms with E-state index >= 15 is 0 Å². The van der Waals surface area contributed by atoms with Crippen LogP contribution in [0, 0.1) is 11.3 Å². The zero-order chi connectivity index (χ0) is 11.5. The maximum Gasteiger partial charge on any atom is 0.231 e. The van der Waals surface area contributed by atoms with Crippen molar-refractivity contribution >= 4 is 5.91 Å². The molecule has 0 saturated heterocycles. The molecule has 0 aliphatic heterocycles. The molecule has 0 aromatic rings. The van der Waals surface area contributed by atoms with Gasteiger partial charge in [-0.3, -0.25) is 4.79 Å². The van der Waals surface area contributed by atoms with E-state index < -0.39 is 0 Å². The molecule has 0 bridgehead atoms. The van der Waals surface area contributed by atoms with Crippen LogP contribution in [0.1, 0.15) is 20.8 Å². The van der Waals surface area contributed by atoms with Crippen molar-refractivity contribution in [1.82, 2.24) is 5.32 Å². The van der Waals surface area contributed by atoms with Gasteiger partial charge in [-0.25, -0.2) is 0 Å². The lowest BCUT2D eigenvalue weighted by molar-refractivity contribution is -0.124. The smallest absolute Gasteiger partial charge is 0.231 e. The van der Waals surface area contributed by atoms with Gasteiger partial charge in [-0.05, 0) is 5.41 Å². The SMILES string of the molecule is CC(C)(C)[C@@H](CO)NC(=O)C1C=CC=C1. The normalized spacial score (nSPS) is 18.1. The number of aliphatic hydroxyl groups excluding tert-OH is 1. The Morgan fingerprint density at radius 1 is 1.40 bits per heavy atom.